The zero-order valence-electron chi connectivity index (χ0n) is 12.2. The SMILES string of the molecule is CC(C)c1ccc2c(N3CCC(=O)NC3=O)cccc2c1. The number of nitrogens with one attached hydrogen (secondary N) is 1. The number of nitrogens with zero attached hydrogens (tertiary/aromatic N) is 1. The summed E-state index contributed by atoms with van der Waals surface area (Å²) in [6.45, 7) is 4.75. The van der Waals surface area contributed by atoms with E-state index in [1.807, 2.05) is 12.1 Å². The van der Waals surface area contributed by atoms with E-state index in [1.54, 1.807) is 4.90 Å². The molecule has 4 heteroatoms. The molecule has 0 aromatic heterocycles. The Morgan fingerprint density at radius 1 is 1.14 bits per heavy atom. The van der Waals surface area contributed by atoms with Crippen LogP contribution >= 0.6 is 0 Å². The number of carbonyl (C=O) groups is 2. The Labute approximate surface area is 123 Å². The molecule has 0 bridgehead atoms. The quantitative estimate of drug-likeness (QED) is 0.917. The van der Waals surface area contributed by atoms with Gasteiger partial charge in [-0.05, 0) is 22.9 Å². The van der Waals surface area contributed by atoms with Gasteiger partial charge in [0.05, 0.1) is 5.69 Å². The second kappa shape index (κ2) is 5.20. The van der Waals surface area contributed by atoms with Gasteiger partial charge in [-0.25, -0.2) is 4.79 Å². The Morgan fingerprint density at radius 2 is 1.95 bits per heavy atom. The Kier molecular flexibility index (Phi) is 3.37. The van der Waals surface area contributed by atoms with E-state index in [0.29, 0.717) is 18.9 Å². The third kappa shape index (κ3) is 2.49. The van der Waals surface area contributed by atoms with E-state index >= 15 is 0 Å². The number of anilines is 1. The van der Waals surface area contributed by atoms with Crippen LogP contribution in [0.5, 0.6) is 0 Å². The Bertz CT molecular complexity index is 722. The number of hydrogen-bond donors (Lipinski definition) is 1. The maximum atomic E-state index is 12.0. The van der Waals surface area contributed by atoms with Crippen LogP contribution in [-0.2, 0) is 4.79 Å². The normalized spacial score (nSPS) is 15.7. The average molecular weight is 282 g/mol. The van der Waals surface area contributed by atoms with Gasteiger partial charge in [-0.1, -0.05) is 44.2 Å². The van der Waals surface area contributed by atoms with Crippen LogP contribution in [0.25, 0.3) is 10.8 Å². The van der Waals surface area contributed by atoms with Crippen molar-refractivity contribution in [2.24, 2.45) is 0 Å². The zero-order chi connectivity index (χ0) is 15.0. The number of fused-ring (bicyclic) bond motifs is 1. The minimum Gasteiger partial charge on any atom is -0.293 e. The van der Waals surface area contributed by atoms with E-state index in [4.69, 9.17) is 0 Å². The van der Waals surface area contributed by atoms with Gasteiger partial charge < -0.3 is 0 Å². The van der Waals surface area contributed by atoms with Crippen LogP contribution < -0.4 is 10.2 Å². The molecule has 2 aromatic carbocycles. The number of rotatable bonds is 2. The fourth-order valence-corrected chi connectivity index (χ4v) is 2.67. The lowest BCUT2D eigenvalue weighted by Crippen LogP contribution is -2.49. The molecule has 1 aliphatic rings. The number of amides is 3. The summed E-state index contributed by atoms with van der Waals surface area (Å²) in [7, 11) is 0. The second-order valence-electron chi connectivity index (χ2n) is 5.67. The van der Waals surface area contributed by atoms with E-state index in [1.165, 1.54) is 5.56 Å². The van der Waals surface area contributed by atoms with Gasteiger partial charge >= 0.3 is 6.03 Å². The van der Waals surface area contributed by atoms with Crippen LogP contribution in [0, 0.1) is 0 Å². The fourth-order valence-electron chi connectivity index (χ4n) is 2.67. The van der Waals surface area contributed by atoms with Gasteiger partial charge in [-0.3, -0.25) is 15.0 Å². The summed E-state index contributed by atoms with van der Waals surface area (Å²) in [5, 5.41) is 4.52. The predicted molar refractivity (Wildman–Crippen MR) is 83.5 cm³/mol. The van der Waals surface area contributed by atoms with Crippen LogP contribution in [0.1, 0.15) is 31.7 Å². The molecule has 1 fully saturated rings. The van der Waals surface area contributed by atoms with Crippen molar-refractivity contribution in [1.82, 2.24) is 5.32 Å². The highest BCUT2D eigenvalue weighted by Crippen LogP contribution is 2.30. The third-order valence-electron chi connectivity index (χ3n) is 3.89. The largest absolute Gasteiger partial charge is 0.328 e. The molecule has 0 unspecified atom stereocenters. The van der Waals surface area contributed by atoms with Crippen LogP contribution in [0.15, 0.2) is 36.4 Å². The third-order valence-corrected chi connectivity index (χ3v) is 3.89. The fraction of sp³-hybridized carbons (Fsp3) is 0.294. The maximum absolute atomic E-state index is 12.0. The summed E-state index contributed by atoms with van der Waals surface area (Å²) in [5.74, 6) is 0.257. The second-order valence-corrected chi connectivity index (χ2v) is 5.67. The van der Waals surface area contributed by atoms with Crippen LogP contribution in [0.4, 0.5) is 10.5 Å². The van der Waals surface area contributed by atoms with Crippen LogP contribution in [0.2, 0.25) is 0 Å². The maximum Gasteiger partial charge on any atom is 0.328 e. The molecule has 21 heavy (non-hydrogen) atoms. The first-order chi connectivity index (χ1) is 10.1. The molecule has 3 rings (SSSR count). The monoisotopic (exact) mass is 282 g/mol. The minimum atomic E-state index is -0.341. The molecule has 108 valence electrons. The topological polar surface area (TPSA) is 49.4 Å². The summed E-state index contributed by atoms with van der Waals surface area (Å²) < 4.78 is 0. The first-order valence-electron chi connectivity index (χ1n) is 7.20. The van der Waals surface area contributed by atoms with Crippen molar-refractivity contribution < 1.29 is 9.59 Å². The molecule has 4 nitrogen and oxygen atoms in total. The van der Waals surface area contributed by atoms with Crippen molar-refractivity contribution in [3.05, 3.63) is 42.0 Å². The predicted octanol–water partition coefficient (Wildman–Crippen LogP) is 3.41. The zero-order valence-corrected chi connectivity index (χ0v) is 12.2. The van der Waals surface area contributed by atoms with Crippen LogP contribution in [-0.4, -0.2) is 18.5 Å². The lowest BCUT2D eigenvalue weighted by molar-refractivity contribution is -0.120. The van der Waals surface area contributed by atoms with Crippen LogP contribution in [0.3, 0.4) is 0 Å². The van der Waals surface area contributed by atoms with Gasteiger partial charge in [0.1, 0.15) is 0 Å². The molecule has 0 saturated carbocycles. The Balaban J connectivity index is 2.07. The number of hydrogen-bond acceptors (Lipinski definition) is 2. The Hall–Kier alpha value is -2.36. The number of carbonyl (C=O) groups excluding carboxylic acids is 2. The molecule has 1 saturated heterocycles. The highest BCUT2D eigenvalue weighted by Gasteiger charge is 2.25. The summed E-state index contributed by atoms with van der Waals surface area (Å²) in [4.78, 5) is 24.9. The molecular formula is C17H18N2O2. The summed E-state index contributed by atoms with van der Waals surface area (Å²) in [5.41, 5.74) is 2.13. The minimum absolute atomic E-state index is 0.210. The average Bonchev–Trinajstić information content (AvgIpc) is 2.46. The van der Waals surface area contributed by atoms with E-state index < -0.39 is 0 Å². The van der Waals surface area contributed by atoms with E-state index in [2.05, 4.69) is 43.4 Å². The first kappa shape index (κ1) is 13.6. The van der Waals surface area contributed by atoms with Gasteiger partial charge in [0.15, 0.2) is 0 Å². The molecule has 2 aromatic rings. The smallest absolute Gasteiger partial charge is 0.293 e. The summed E-state index contributed by atoms with van der Waals surface area (Å²) in [6, 6.07) is 11.9. The molecule has 0 atom stereocenters. The van der Waals surface area contributed by atoms with Gasteiger partial charge in [-0.15, -0.1) is 0 Å². The molecule has 1 heterocycles. The molecule has 1 N–H and O–H groups in total. The summed E-state index contributed by atoms with van der Waals surface area (Å²) >= 11 is 0. The van der Waals surface area contributed by atoms with Crippen molar-refractivity contribution >= 4 is 28.4 Å². The molecule has 0 spiro atoms. The molecule has 0 aliphatic carbocycles. The summed E-state index contributed by atoms with van der Waals surface area (Å²) in [6.07, 6.45) is 0.339. The molecule has 1 aliphatic heterocycles. The highest BCUT2D eigenvalue weighted by molar-refractivity contribution is 6.09. The van der Waals surface area contributed by atoms with Crippen molar-refractivity contribution in [2.45, 2.75) is 26.2 Å². The van der Waals surface area contributed by atoms with Gasteiger partial charge in [0.25, 0.3) is 0 Å². The van der Waals surface area contributed by atoms with Crippen molar-refractivity contribution in [1.29, 1.82) is 0 Å². The lowest BCUT2D eigenvalue weighted by atomic mass is 9.98. The lowest BCUT2D eigenvalue weighted by Gasteiger charge is -2.27. The van der Waals surface area contributed by atoms with Crippen molar-refractivity contribution in [3.63, 3.8) is 0 Å². The highest BCUT2D eigenvalue weighted by atomic mass is 16.2. The van der Waals surface area contributed by atoms with E-state index in [-0.39, 0.29) is 11.9 Å². The molecule has 0 radical (unpaired) electrons. The van der Waals surface area contributed by atoms with Gasteiger partial charge in [0, 0.05) is 18.4 Å². The van der Waals surface area contributed by atoms with Gasteiger partial charge in [0.2, 0.25) is 5.91 Å². The van der Waals surface area contributed by atoms with Crippen molar-refractivity contribution in [2.75, 3.05) is 11.4 Å². The molecule has 3 amide bonds. The standard InChI is InChI=1S/C17H18N2O2/c1-11(2)12-6-7-14-13(10-12)4-3-5-15(14)19-9-8-16(20)18-17(19)21/h3-7,10-11H,8-9H2,1-2H3,(H,18,20,21). The van der Waals surface area contributed by atoms with E-state index in [0.717, 1.165) is 16.5 Å². The number of imide groups is 1. The number of urea groups is 1. The number of benzene rings is 2. The van der Waals surface area contributed by atoms with Gasteiger partial charge in [-0.2, -0.15) is 0 Å². The Morgan fingerprint density at radius 3 is 2.67 bits per heavy atom. The van der Waals surface area contributed by atoms with Crippen molar-refractivity contribution in [3.8, 4) is 0 Å². The molecular weight excluding hydrogens is 264 g/mol. The van der Waals surface area contributed by atoms with E-state index in [9.17, 15) is 9.59 Å². The first-order valence-corrected chi connectivity index (χ1v) is 7.20.